The van der Waals surface area contributed by atoms with Crippen molar-refractivity contribution in [3.05, 3.63) is 29.8 Å². The summed E-state index contributed by atoms with van der Waals surface area (Å²) in [5.41, 5.74) is 0.223. The Morgan fingerprint density at radius 2 is 1.67 bits per heavy atom. The molecule has 1 saturated carbocycles. The van der Waals surface area contributed by atoms with Crippen LogP contribution in [0, 0.1) is 5.92 Å². The van der Waals surface area contributed by atoms with E-state index in [-0.39, 0.29) is 22.4 Å². The van der Waals surface area contributed by atoms with Gasteiger partial charge in [-0.15, -0.1) is 0 Å². The second kappa shape index (κ2) is 8.84. The van der Waals surface area contributed by atoms with Crippen LogP contribution in [-0.2, 0) is 14.8 Å². The molecule has 1 aliphatic rings. The first-order valence-electron chi connectivity index (χ1n) is 9.26. The average molecular weight is 397 g/mol. The third-order valence-corrected chi connectivity index (χ3v) is 7.03. The number of hydrogen-bond acceptors (Lipinski definition) is 4. The van der Waals surface area contributed by atoms with Crippen molar-refractivity contribution in [3.63, 3.8) is 0 Å². The van der Waals surface area contributed by atoms with Gasteiger partial charge in [-0.25, -0.2) is 13.2 Å². The van der Waals surface area contributed by atoms with Gasteiger partial charge < -0.3 is 10.4 Å². The van der Waals surface area contributed by atoms with E-state index in [1.54, 1.807) is 20.9 Å². The molecule has 0 spiro atoms. The normalized spacial score (nSPS) is 17.1. The Hall–Kier alpha value is -1.93. The number of aliphatic carboxylic acids is 1. The molecule has 1 amide bonds. The smallest absolute Gasteiger partial charge is 0.326 e. The van der Waals surface area contributed by atoms with Crippen LogP contribution in [0.3, 0.4) is 0 Å². The predicted molar refractivity (Wildman–Crippen MR) is 102 cm³/mol. The fourth-order valence-electron chi connectivity index (χ4n) is 3.32. The van der Waals surface area contributed by atoms with Crippen molar-refractivity contribution in [2.24, 2.45) is 5.92 Å². The molecule has 0 saturated heterocycles. The first kappa shape index (κ1) is 21.4. The predicted octanol–water partition coefficient (Wildman–Crippen LogP) is 2.48. The van der Waals surface area contributed by atoms with Crippen LogP contribution in [-0.4, -0.2) is 48.8 Å². The van der Waals surface area contributed by atoms with Crippen molar-refractivity contribution in [2.45, 2.75) is 62.9 Å². The Labute approximate surface area is 160 Å². The van der Waals surface area contributed by atoms with Crippen LogP contribution in [0.5, 0.6) is 0 Å². The maximum absolute atomic E-state index is 12.8. The maximum Gasteiger partial charge on any atom is 0.326 e. The third-order valence-electron chi connectivity index (χ3n) is 5.10. The quantitative estimate of drug-likeness (QED) is 0.737. The topological polar surface area (TPSA) is 104 Å². The second-order valence-corrected chi connectivity index (χ2v) is 9.37. The van der Waals surface area contributed by atoms with E-state index in [0.29, 0.717) is 0 Å². The van der Waals surface area contributed by atoms with Gasteiger partial charge in [0.2, 0.25) is 10.0 Å². The summed E-state index contributed by atoms with van der Waals surface area (Å²) >= 11 is 0. The Balaban J connectivity index is 2.13. The molecule has 0 aromatic heterocycles. The molecule has 150 valence electrons. The molecule has 0 aliphatic heterocycles. The highest BCUT2D eigenvalue weighted by molar-refractivity contribution is 7.89. The minimum Gasteiger partial charge on any atom is -0.480 e. The molecule has 8 heteroatoms. The van der Waals surface area contributed by atoms with Crippen LogP contribution in [0.1, 0.15) is 56.3 Å². The van der Waals surface area contributed by atoms with Crippen molar-refractivity contribution < 1.29 is 23.1 Å². The van der Waals surface area contributed by atoms with Crippen molar-refractivity contribution in [1.29, 1.82) is 0 Å². The molecule has 1 atom stereocenters. The number of hydrogen-bond donors (Lipinski definition) is 2. The van der Waals surface area contributed by atoms with Crippen molar-refractivity contribution >= 4 is 21.9 Å². The van der Waals surface area contributed by atoms with Crippen LogP contribution >= 0.6 is 0 Å². The molecule has 1 fully saturated rings. The summed E-state index contributed by atoms with van der Waals surface area (Å²) in [4.78, 5) is 23.6. The second-order valence-electron chi connectivity index (χ2n) is 7.37. The molecule has 1 aromatic carbocycles. The molecule has 0 heterocycles. The average Bonchev–Trinajstić information content (AvgIpc) is 2.65. The lowest BCUT2D eigenvalue weighted by Crippen LogP contribution is -2.44. The van der Waals surface area contributed by atoms with Gasteiger partial charge >= 0.3 is 5.97 Å². The number of carboxylic acid groups (broad SMARTS) is 1. The number of carbonyl (C=O) groups excluding carboxylic acids is 1. The number of rotatable bonds is 7. The molecule has 2 rings (SSSR count). The van der Waals surface area contributed by atoms with E-state index in [1.807, 2.05) is 0 Å². The van der Waals surface area contributed by atoms with Gasteiger partial charge in [-0.1, -0.05) is 33.1 Å². The Kier molecular flexibility index (Phi) is 7.00. The molecule has 0 unspecified atom stereocenters. The van der Waals surface area contributed by atoms with Gasteiger partial charge in [0.1, 0.15) is 6.04 Å². The SMILES string of the molecule is CC(C)[C@H](NC(=O)c1ccc(S(=O)(=O)N(C)C2CCCCC2)cc1)C(=O)O. The van der Waals surface area contributed by atoms with E-state index in [2.05, 4.69) is 5.32 Å². The van der Waals surface area contributed by atoms with Crippen LogP contribution in [0.2, 0.25) is 0 Å². The molecule has 0 bridgehead atoms. The van der Waals surface area contributed by atoms with Crippen LogP contribution < -0.4 is 5.32 Å². The molecule has 1 aromatic rings. The van der Waals surface area contributed by atoms with E-state index in [0.717, 1.165) is 32.1 Å². The standard InChI is InChI=1S/C19H28N2O5S/c1-13(2)17(19(23)24)20-18(22)14-9-11-16(12-10-14)27(25,26)21(3)15-7-5-4-6-8-15/h9-13,15,17H,4-8H2,1-3H3,(H,20,22)(H,23,24)/t17-/m0/s1. The number of nitrogens with zero attached hydrogens (tertiary/aromatic N) is 1. The molecule has 0 radical (unpaired) electrons. The summed E-state index contributed by atoms with van der Waals surface area (Å²) in [5, 5.41) is 11.6. The number of sulfonamides is 1. The van der Waals surface area contributed by atoms with Gasteiger partial charge in [-0.2, -0.15) is 4.31 Å². The first-order chi connectivity index (χ1) is 12.6. The van der Waals surface area contributed by atoms with Crippen molar-refractivity contribution in [3.8, 4) is 0 Å². The summed E-state index contributed by atoms with van der Waals surface area (Å²) in [7, 11) is -2.02. The van der Waals surface area contributed by atoms with Gasteiger partial charge in [0.25, 0.3) is 5.91 Å². The first-order valence-corrected chi connectivity index (χ1v) is 10.7. The zero-order valence-corrected chi connectivity index (χ0v) is 16.8. The van der Waals surface area contributed by atoms with Gasteiger partial charge in [-0.3, -0.25) is 4.79 Å². The van der Waals surface area contributed by atoms with Gasteiger partial charge in [0.15, 0.2) is 0 Å². The van der Waals surface area contributed by atoms with Crippen molar-refractivity contribution in [2.75, 3.05) is 7.05 Å². The summed E-state index contributed by atoms with van der Waals surface area (Å²) < 4.78 is 27.1. The summed E-state index contributed by atoms with van der Waals surface area (Å²) in [6, 6.07) is 4.63. The van der Waals surface area contributed by atoms with E-state index in [4.69, 9.17) is 0 Å². The lowest BCUT2D eigenvalue weighted by Gasteiger charge is -2.30. The molecule has 1 aliphatic carbocycles. The Bertz CT molecular complexity index is 768. The largest absolute Gasteiger partial charge is 0.480 e. The van der Waals surface area contributed by atoms with E-state index >= 15 is 0 Å². The summed E-state index contributed by atoms with van der Waals surface area (Å²) in [5.74, 6) is -1.91. The van der Waals surface area contributed by atoms with Crippen LogP contribution in [0.25, 0.3) is 0 Å². The minimum absolute atomic E-state index is 0.00842. The monoisotopic (exact) mass is 396 g/mol. The number of carbonyl (C=O) groups is 2. The molecular formula is C19H28N2O5S. The van der Waals surface area contributed by atoms with E-state index in [9.17, 15) is 23.1 Å². The van der Waals surface area contributed by atoms with E-state index < -0.39 is 27.9 Å². The van der Waals surface area contributed by atoms with Crippen LogP contribution in [0.15, 0.2) is 29.2 Å². The fourth-order valence-corrected chi connectivity index (χ4v) is 4.74. The fraction of sp³-hybridized carbons (Fsp3) is 0.579. The molecular weight excluding hydrogens is 368 g/mol. The molecule has 27 heavy (non-hydrogen) atoms. The van der Waals surface area contributed by atoms with Gasteiger partial charge in [0.05, 0.1) is 4.90 Å². The van der Waals surface area contributed by atoms with Crippen LogP contribution in [0.4, 0.5) is 0 Å². The Morgan fingerprint density at radius 1 is 1.11 bits per heavy atom. The zero-order valence-electron chi connectivity index (χ0n) is 16.0. The number of nitrogens with one attached hydrogen (secondary N) is 1. The highest BCUT2D eigenvalue weighted by Crippen LogP contribution is 2.26. The van der Waals surface area contributed by atoms with Gasteiger partial charge in [0, 0.05) is 18.7 Å². The molecule has 7 nitrogen and oxygen atoms in total. The maximum atomic E-state index is 12.8. The highest BCUT2D eigenvalue weighted by Gasteiger charge is 2.29. The third kappa shape index (κ3) is 5.07. The lowest BCUT2D eigenvalue weighted by atomic mass is 9.96. The summed E-state index contributed by atoms with van der Waals surface area (Å²) in [6.07, 6.45) is 4.93. The summed E-state index contributed by atoms with van der Waals surface area (Å²) in [6.45, 7) is 3.41. The number of carboxylic acids is 1. The van der Waals surface area contributed by atoms with E-state index in [1.165, 1.54) is 28.6 Å². The zero-order chi connectivity index (χ0) is 20.2. The highest BCUT2D eigenvalue weighted by atomic mass is 32.2. The van der Waals surface area contributed by atoms with Gasteiger partial charge in [-0.05, 0) is 43.0 Å². The van der Waals surface area contributed by atoms with Crippen molar-refractivity contribution in [1.82, 2.24) is 9.62 Å². The number of amides is 1. The molecule has 2 N–H and O–H groups in total. The Morgan fingerprint density at radius 3 is 2.15 bits per heavy atom. The lowest BCUT2D eigenvalue weighted by molar-refractivity contribution is -0.140. The number of benzene rings is 1. The minimum atomic E-state index is -3.62.